The molecule has 6 heteroatoms. The summed E-state index contributed by atoms with van der Waals surface area (Å²) in [5.41, 5.74) is 1.30. The summed E-state index contributed by atoms with van der Waals surface area (Å²) in [5, 5.41) is 14.2. The van der Waals surface area contributed by atoms with E-state index < -0.39 is 0 Å². The van der Waals surface area contributed by atoms with Gasteiger partial charge in [0.15, 0.2) is 0 Å². The molecule has 1 N–H and O–H groups in total. The summed E-state index contributed by atoms with van der Waals surface area (Å²) in [4.78, 5) is 0. The number of hydrogen-bond acceptors (Lipinski definition) is 4. The van der Waals surface area contributed by atoms with E-state index in [1.165, 1.54) is 3.57 Å². The van der Waals surface area contributed by atoms with Crippen molar-refractivity contribution in [2.75, 3.05) is 6.54 Å². The summed E-state index contributed by atoms with van der Waals surface area (Å²) in [6.45, 7) is 7.56. The Morgan fingerprint density at radius 3 is 2.76 bits per heavy atom. The molecule has 114 valence electrons. The Kier molecular flexibility index (Phi) is 6.16. The van der Waals surface area contributed by atoms with Crippen LogP contribution < -0.4 is 5.32 Å². The number of nitrogens with one attached hydrogen (secondary N) is 1. The van der Waals surface area contributed by atoms with Crippen molar-refractivity contribution in [3.05, 3.63) is 31.2 Å². The van der Waals surface area contributed by atoms with E-state index in [9.17, 15) is 0 Å². The molecule has 3 nitrogen and oxygen atoms in total. The monoisotopic (exact) mass is 479 g/mol. The second kappa shape index (κ2) is 7.48. The molecule has 21 heavy (non-hydrogen) atoms. The van der Waals surface area contributed by atoms with E-state index in [1.807, 2.05) is 0 Å². The molecule has 0 atom stereocenters. The lowest BCUT2D eigenvalue weighted by atomic mass is 10.1. The minimum atomic E-state index is 0.178. The van der Waals surface area contributed by atoms with E-state index in [2.05, 4.69) is 93.0 Å². The van der Waals surface area contributed by atoms with Crippen LogP contribution in [0.2, 0.25) is 0 Å². The summed E-state index contributed by atoms with van der Waals surface area (Å²) >= 11 is 7.59. The highest BCUT2D eigenvalue weighted by Crippen LogP contribution is 2.32. The summed E-state index contributed by atoms with van der Waals surface area (Å²) in [7, 11) is 0. The van der Waals surface area contributed by atoms with Gasteiger partial charge >= 0.3 is 0 Å². The fourth-order valence-corrected chi connectivity index (χ4v) is 3.80. The standard InChI is InChI=1S/C15H19BrIN3S/c1-15(2,3)18-8-4-5-13-19-20-14(21-13)11-9-10(17)6-7-12(11)16/h6-7,9,18H,4-5,8H2,1-3H3. The zero-order valence-corrected chi connectivity index (χ0v) is 17.0. The molecular weight excluding hydrogens is 461 g/mol. The van der Waals surface area contributed by atoms with Gasteiger partial charge in [-0.3, -0.25) is 0 Å². The first-order valence-corrected chi connectivity index (χ1v) is 9.57. The lowest BCUT2D eigenvalue weighted by molar-refractivity contribution is 0.422. The number of rotatable bonds is 5. The minimum absolute atomic E-state index is 0.178. The number of aryl methyl sites for hydroxylation is 1. The highest BCUT2D eigenvalue weighted by atomic mass is 127. The van der Waals surface area contributed by atoms with E-state index in [-0.39, 0.29) is 5.54 Å². The number of nitrogens with zero attached hydrogens (tertiary/aromatic N) is 2. The normalized spacial score (nSPS) is 11.9. The molecule has 2 aromatic rings. The van der Waals surface area contributed by atoms with Crippen LogP contribution in [0.25, 0.3) is 10.6 Å². The third-order valence-corrected chi connectivity index (χ3v) is 5.23. The molecule has 1 aromatic carbocycles. The van der Waals surface area contributed by atoms with E-state index in [1.54, 1.807) is 11.3 Å². The first-order valence-electron chi connectivity index (χ1n) is 6.88. The van der Waals surface area contributed by atoms with Crippen LogP contribution in [0, 0.1) is 3.57 Å². The molecule has 0 radical (unpaired) electrons. The van der Waals surface area contributed by atoms with Gasteiger partial charge in [-0.1, -0.05) is 27.3 Å². The maximum Gasteiger partial charge on any atom is 0.148 e. The van der Waals surface area contributed by atoms with E-state index in [0.717, 1.165) is 39.4 Å². The Morgan fingerprint density at radius 2 is 2.05 bits per heavy atom. The Hall–Kier alpha value is -0.0500. The lowest BCUT2D eigenvalue weighted by Crippen LogP contribution is -2.36. The minimum Gasteiger partial charge on any atom is -0.312 e. The molecule has 0 saturated heterocycles. The average Bonchev–Trinajstić information content (AvgIpc) is 2.85. The van der Waals surface area contributed by atoms with Crippen LogP contribution in [0.5, 0.6) is 0 Å². The quantitative estimate of drug-likeness (QED) is 0.489. The summed E-state index contributed by atoms with van der Waals surface area (Å²) in [5.74, 6) is 0. The molecule has 0 aliphatic carbocycles. The SMILES string of the molecule is CC(C)(C)NCCCc1nnc(-c2cc(I)ccc2Br)s1. The Labute approximate surface area is 152 Å². The zero-order valence-electron chi connectivity index (χ0n) is 12.4. The number of aromatic nitrogens is 2. The highest BCUT2D eigenvalue weighted by Gasteiger charge is 2.11. The largest absolute Gasteiger partial charge is 0.312 e. The molecule has 2 rings (SSSR count). The molecule has 0 aliphatic rings. The van der Waals surface area contributed by atoms with Gasteiger partial charge in [-0.05, 0) is 74.5 Å². The van der Waals surface area contributed by atoms with Crippen LogP contribution in [0.3, 0.4) is 0 Å². The highest BCUT2D eigenvalue weighted by molar-refractivity contribution is 14.1. The molecule has 0 fully saturated rings. The molecule has 0 bridgehead atoms. The van der Waals surface area contributed by atoms with Crippen molar-refractivity contribution in [1.82, 2.24) is 15.5 Å². The summed E-state index contributed by atoms with van der Waals surface area (Å²) in [6.07, 6.45) is 2.06. The van der Waals surface area contributed by atoms with Crippen LogP contribution in [0.1, 0.15) is 32.2 Å². The molecule has 1 aromatic heterocycles. The van der Waals surface area contributed by atoms with Crippen molar-refractivity contribution in [2.24, 2.45) is 0 Å². The Balaban J connectivity index is 1.97. The van der Waals surface area contributed by atoms with Crippen molar-refractivity contribution in [3.8, 4) is 10.6 Å². The van der Waals surface area contributed by atoms with Gasteiger partial charge in [-0.2, -0.15) is 0 Å². The van der Waals surface area contributed by atoms with E-state index in [4.69, 9.17) is 0 Å². The average molecular weight is 480 g/mol. The third kappa shape index (κ3) is 5.58. The molecular formula is C15H19BrIN3S. The Bertz CT molecular complexity index is 607. The van der Waals surface area contributed by atoms with Gasteiger partial charge in [-0.15, -0.1) is 10.2 Å². The van der Waals surface area contributed by atoms with Crippen LogP contribution in [-0.4, -0.2) is 22.3 Å². The van der Waals surface area contributed by atoms with Crippen LogP contribution in [-0.2, 0) is 6.42 Å². The second-order valence-corrected chi connectivity index (χ2v) is 9.07. The predicted molar refractivity (Wildman–Crippen MR) is 102 cm³/mol. The number of hydrogen-bond donors (Lipinski definition) is 1. The van der Waals surface area contributed by atoms with Gasteiger partial charge in [0.25, 0.3) is 0 Å². The van der Waals surface area contributed by atoms with Crippen molar-refractivity contribution in [2.45, 2.75) is 39.2 Å². The summed E-state index contributed by atoms with van der Waals surface area (Å²) < 4.78 is 2.27. The molecule has 0 aliphatic heterocycles. The molecule has 1 heterocycles. The Morgan fingerprint density at radius 1 is 1.29 bits per heavy atom. The van der Waals surface area contributed by atoms with Crippen molar-refractivity contribution in [1.29, 1.82) is 0 Å². The fourth-order valence-electron chi connectivity index (χ4n) is 1.83. The number of benzene rings is 1. The van der Waals surface area contributed by atoms with Crippen LogP contribution in [0.15, 0.2) is 22.7 Å². The fraction of sp³-hybridized carbons (Fsp3) is 0.467. The first-order chi connectivity index (χ1) is 9.85. The van der Waals surface area contributed by atoms with E-state index >= 15 is 0 Å². The topological polar surface area (TPSA) is 37.8 Å². The molecule has 0 amide bonds. The number of halogens is 2. The smallest absolute Gasteiger partial charge is 0.148 e. The predicted octanol–water partition coefficient (Wildman–Crippen LogP) is 4.89. The second-order valence-electron chi connectivity index (χ2n) is 5.91. The first kappa shape index (κ1) is 17.3. The maximum absolute atomic E-state index is 4.33. The molecule has 0 saturated carbocycles. The molecule has 0 unspecified atom stereocenters. The van der Waals surface area contributed by atoms with Crippen molar-refractivity contribution in [3.63, 3.8) is 0 Å². The van der Waals surface area contributed by atoms with Gasteiger partial charge in [-0.25, -0.2) is 0 Å². The van der Waals surface area contributed by atoms with Crippen molar-refractivity contribution >= 4 is 49.9 Å². The van der Waals surface area contributed by atoms with Gasteiger partial charge < -0.3 is 5.32 Å². The van der Waals surface area contributed by atoms with E-state index in [0.29, 0.717) is 0 Å². The van der Waals surface area contributed by atoms with Gasteiger partial charge in [0.2, 0.25) is 0 Å². The zero-order chi connectivity index (χ0) is 15.5. The molecule has 0 spiro atoms. The van der Waals surface area contributed by atoms with Gasteiger partial charge in [0.05, 0.1) is 0 Å². The van der Waals surface area contributed by atoms with Crippen molar-refractivity contribution < 1.29 is 0 Å². The van der Waals surface area contributed by atoms with Crippen LogP contribution in [0.4, 0.5) is 0 Å². The van der Waals surface area contributed by atoms with Gasteiger partial charge in [0, 0.05) is 25.6 Å². The lowest BCUT2D eigenvalue weighted by Gasteiger charge is -2.20. The summed E-state index contributed by atoms with van der Waals surface area (Å²) in [6, 6.07) is 6.27. The third-order valence-electron chi connectivity index (χ3n) is 2.85. The van der Waals surface area contributed by atoms with Crippen LogP contribution >= 0.6 is 49.9 Å². The van der Waals surface area contributed by atoms with Gasteiger partial charge in [0.1, 0.15) is 10.0 Å². The maximum atomic E-state index is 4.33.